The summed E-state index contributed by atoms with van der Waals surface area (Å²) in [5.41, 5.74) is 3.87. The van der Waals surface area contributed by atoms with E-state index >= 15 is 0 Å². The fourth-order valence-corrected chi connectivity index (χ4v) is 2.22. The minimum Gasteiger partial charge on any atom is -0.457 e. The fraction of sp³-hybridized carbons (Fsp3) is 0.300. The number of esters is 1. The molecule has 0 fully saturated rings. The number of nitrogens with zero attached hydrogens (tertiary/aromatic N) is 2. The molecule has 2 aromatic carbocycles. The Balaban J connectivity index is 2.10. The van der Waals surface area contributed by atoms with E-state index in [0.29, 0.717) is 5.56 Å². The molecule has 0 unspecified atom stereocenters. The topological polar surface area (TPSA) is 41.9 Å². The third-order valence-electron chi connectivity index (χ3n) is 4.15. The van der Waals surface area contributed by atoms with Gasteiger partial charge < -0.3 is 9.64 Å². The van der Waals surface area contributed by atoms with E-state index in [1.54, 1.807) is 24.5 Å². The van der Waals surface area contributed by atoms with E-state index in [9.17, 15) is 9.18 Å². The van der Waals surface area contributed by atoms with Crippen molar-refractivity contribution in [1.82, 2.24) is 4.90 Å². The highest BCUT2D eigenvalue weighted by Crippen LogP contribution is 2.25. The summed E-state index contributed by atoms with van der Waals surface area (Å²) in [6, 6.07) is 9.44. The smallest absolute Gasteiger partial charge is 0.338 e. The summed E-state index contributed by atoms with van der Waals surface area (Å²) in [5.74, 6) is -0.711. The van der Waals surface area contributed by atoms with E-state index in [4.69, 9.17) is 4.74 Å². The molecule has 2 rings (SSSR count). The summed E-state index contributed by atoms with van der Waals surface area (Å²) in [6.07, 6.45) is 1.77. The van der Waals surface area contributed by atoms with E-state index in [1.807, 2.05) is 38.8 Å². The molecular formula is C20H23FN2O2. The average Bonchev–Trinajstić information content (AvgIpc) is 2.62. The summed E-state index contributed by atoms with van der Waals surface area (Å²) in [5, 5.41) is 0. The number of carbonyl (C=O) groups excluding carboxylic acids is 1. The second-order valence-electron chi connectivity index (χ2n) is 5.90. The van der Waals surface area contributed by atoms with Crippen molar-refractivity contribution in [2.24, 2.45) is 4.99 Å². The maximum Gasteiger partial charge on any atom is 0.338 e. The van der Waals surface area contributed by atoms with Crippen LogP contribution in [0.15, 0.2) is 41.4 Å². The zero-order chi connectivity index (χ0) is 18.4. The van der Waals surface area contributed by atoms with Gasteiger partial charge in [0.15, 0.2) is 0 Å². The molecule has 4 nitrogen and oxygen atoms in total. The van der Waals surface area contributed by atoms with E-state index in [1.165, 1.54) is 12.1 Å². The summed E-state index contributed by atoms with van der Waals surface area (Å²) >= 11 is 0. The van der Waals surface area contributed by atoms with Crippen molar-refractivity contribution in [2.75, 3.05) is 13.6 Å². The molecule has 5 heteroatoms. The Kier molecular flexibility index (Phi) is 6.28. The van der Waals surface area contributed by atoms with Crippen LogP contribution in [0.5, 0.6) is 0 Å². The first kappa shape index (κ1) is 18.6. The highest BCUT2D eigenvalue weighted by atomic mass is 19.1. The van der Waals surface area contributed by atoms with Crippen molar-refractivity contribution < 1.29 is 13.9 Å². The standard InChI is InChI=1S/C20H23FN2O2/c1-5-23(4)13-22-19-11-10-18(14(2)15(19)3)20(24)25-12-16-6-8-17(21)9-7-16/h6-11,13H,5,12H2,1-4H3. The molecule has 0 spiro atoms. The number of aliphatic imine (C=N–C) groups is 1. The monoisotopic (exact) mass is 342 g/mol. The van der Waals surface area contributed by atoms with Crippen LogP contribution in [0.25, 0.3) is 0 Å². The largest absolute Gasteiger partial charge is 0.457 e. The second kappa shape index (κ2) is 8.42. The van der Waals surface area contributed by atoms with Gasteiger partial charge in [0.25, 0.3) is 0 Å². The van der Waals surface area contributed by atoms with Gasteiger partial charge in [0.1, 0.15) is 12.4 Å². The van der Waals surface area contributed by atoms with Crippen molar-refractivity contribution in [3.05, 3.63) is 64.5 Å². The van der Waals surface area contributed by atoms with Crippen LogP contribution < -0.4 is 0 Å². The van der Waals surface area contributed by atoms with E-state index in [2.05, 4.69) is 4.99 Å². The van der Waals surface area contributed by atoms with Crippen LogP contribution in [0.1, 0.15) is 34.0 Å². The van der Waals surface area contributed by atoms with Crippen molar-refractivity contribution in [3.8, 4) is 0 Å². The molecule has 0 bridgehead atoms. The van der Waals surface area contributed by atoms with Crippen LogP contribution in [-0.2, 0) is 11.3 Å². The maximum atomic E-state index is 12.9. The predicted molar refractivity (Wildman–Crippen MR) is 97.9 cm³/mol. The molecular weight excluding hydrogens is 319 g/mol. The van der Waals surface area contributed by atoms with Crippen molar-refractivity contribution in [1.29, 1.82) is 0 Å². The van der Waals surface area contributed by atoms with Gasteiger partial charge in [-0.25, -0.2) is 14.2 Å². The Morgan fingerprint density at radius 1 is 1.16 bits per heavy atom. The first-order chi connectivity index (χ1) is 11.9. The Labute approximate surface area is 148 Å². The summed E-state index contributed by atoms with van der Waals surface area (Å²) < 4.78 is 18.2. The molecule has 0 saturated carbocycles. The highest BCUT2D eigenvalue weighted by Gasteiger charge is 2.14. The van der Waals surface area contributed by atoms with Gasteiger partial charge in [-0.05, 0) is 61.7 Å². The third-order valence-corrected chi connectivity index (χ3v) is 4.15. The minimum atomic E-state index is -0.397. The maximum absolute atomic E-state index is 12.9. The first-order valence-corrected chi connectivity index (χ1v) is 8.18. The normalized spacial score (nSPS) is 10.9. The zero-order valence-electron chi connectivity index (χ0n) is 15.0. The number of hydrogen-bond donors (Lipinski definition) is 0. The molecule has 0 heterocycles. The molecule has 2 aromatic rings. The lowest BCUT2D eigenvalue weighted by atomic mass is 10.0. The molecule has 0 aliphatic carbocycles. The summed E-state index contributed by atoms with van der Waals surface area (Å²) in [6.45, 7) is 6.84. The first-order valence-electron chi connectivity index (χ1n) is 8.18. The fourth-order valence-electron chi connectivity index (χ4n) is 2.22. The van der Waals surface area contributed by atoms with Crippen LogP contribution >= 0.6 is 0 Å². The number of halogens is 1. The van der Waals surface area contributed by atoms with Crippen molar-refractivity contribution >= 4 is 18.0 Å². The molecule has 0 saturated heterocycles. The lowest BCUT2D eigenvalue weighted by Gasteiger charge is -2.12. The number of ether oxygens (including phenoxy) is 1. The van der Waals surface area contributed by atoms with Crippen LogP contribution in [0.4, 0.5) is 10.1 Å². The van der Waals surface area contributed by atoms with Gasteiger partial charge in [0.05, 0.1) is 17.6 Å². The molecule has 0 N–H and O–H groups in total. The Morgan fingerprint density at radius 3 is 2.48 bits per heavy atom. The predicted octanol–water partition coefficient (Wildman–Crippen LogP) is 4.41. The van der Waals surface area contributed by atoms with Gasteiger partial charge in [0.2, 0.25) is 0 Å². The molecule has 0 aliphatic heterocycles. The Hall–Kier alpha value is -2.69. The SMILES string of the molecule is CCN(C)C=Nc1ccc(C(=O)OCc2ccc(F)cc2)c(C)c1C. The Morgan fingerprint density at radius 2 is 1.84 bits per heavy atom. The van der Waals surface area contributed by atoms with Gasteiger partial charge in [-0.3, -0.25) is 0 Å². The molecule has 25 heavy (non-hydrogen) atoms. The molecule has 0 radical (unpaired) electrons. The van der Waals surface area contributed by atoms with E-state index < -0.39 is 5.97 Å². The number of carbonyl (C=O) groups is 1. The quantitative estimate of drug-likeness (QED) is 0.443. The van der Waals surface area contributed by atoms with Crippen molar-refractivity contribution in [3.63, 3.8) is 0 Å². The lowest BCUT2D eigenvalue weighted by molar-refractivity contribution is 0.0471. The van der Waals surface area contributed by atoms with Crippen LogP contribution in [-0.4, -0.2) is 30.8 Å². The van der Waals surface area contributed by atoms with Gasteiger partial charge in [-0.1, -0.05) is 12.1 Å². The van der Waals surface area contributed by atoms with E-state index in [-0.39, 0.29) is 12.4 Å². The van der Waals surface area contributed by atoms with Gasteiger partial charge >= 0.3 is 5.97 Å². The van der Waals surface area contributed by atoms with Crippen molar-refractivity contribution in [2.45, 2.75) is 27.4 Å². The molecule has 0 atom stereocenters. The van der Waals surface area contributed by atoms with Crippen LogP contribution in [0.2, 0.25) is 0 Å². The summed E-state index contributed by atoms with van der Waals surface area (Å²) in [7, 11) is 1.95. The van der Waals surface area contributed by atoms with Gasteiger partial charge in [0, 0.05) is 13.6 Å². The average molecular weight is 342 g/mol. The highest BCUT2D eigenvalue weighted by molar-refractivity contribution is 5.92. The van der Waals surface area contributed by atoms with E-state index in [0.717, 1.165) is 28.9 Å². The molecule has 0 aromatic heterocycles. The number of hydrogen-bond acceptors (Lipinski definition) is 3. The number of benzene rings is 2. The lowest BCUT2D eigenvalue weighted by Crippen LogP contribution is -2.14. The van der Waals surface area contributed by atoms with Crippen LogP contribution in [0.3, 0.4) is 0 Å². The van der Waals surface area contributed by atoms with Crippen LogP contribution in [0, 0.1) is 19.7 Å². The minimum absolute atomic E-state index is 0.110. The molecule has 0 amide bonds. The summed E-state index contributed by atoms with van der Waals surface area (Å²) in [4.78, 5) is 18.8. The number of rotatable bonds is 6. The Bertz CT molecular complexity index is 770. The van der Waals surface area contributed by atoms with Gasteiger partial charge in [-0.2, -0.15) is 0 Å². The second-order valence-corrected chi connectivity index (χ2v) is 5.90. The zero-order valence-corrected chi connectivity index (χ0v) is 15.0. The molecule has 132 valence electrons. The van der Waals surface area contributed by atoms with Gasteiger partial charge in [-0.15, -0.1) is 0 Å². The molecule has 0 aliphatic rings. The third kappa shape index (κ3) is 4.89.